The lowest BCUT2D eigenvalue weighted by Gasteiger charge is -2.14. The summed E-state index contributed by atoms with van der Waals surface area (Å²) in [5.74, 6) is 0.681. The number of anilines is 1. The van der Waals surface area contributed by atoms with Crippen molar-refractivity contribution in [3.05, 3.63) is 16.0 Å². The van der Waals surface area contributed by atoms with Gasteiger partial charge in [0.2, 0.25) is 0 Å². The Labute approximate surface area is 102 Å². The van der Waals surface area contributed by atoms with E-state index in [4.69, 9.17) is 16.7 Å². The second kappa shape index (κ2) is 6.25. The van der Waals surface area contributed by atoms with Crippen LogP contribution in [0.15, 0.2) is 10.8 Å². The van der Waals surface area contributed by atoms with Crippen molar-refractivity contribution in [3.8, 4) is 0 Å². The number of aliphatic hydroxyl groups excluding tert-OH is 1. The third kappa shape index (κ3) is 3.93. The van der Waals surface area contributed by atoms with Gasteiger partial charge in [-0.3, -0.25) is 0 Å². The van der Waals surface area contributed by atoms with Crippen LogP contribution in [0.2, 0.25) is 5.15 Å². The normalized spacial score (nSPS) is 12.5. The summed E-state index contributed by atoms with van der Waals surface area (Å²) < 4.78 is 0.669. The van der Waals surface area contributed by atoms with E-state index in [0.717, 1.165) is 12.8 Å². The van der Waals surface area contributed by atoms with Crippen molar-refractivity contribution < 1.29 is 5.11 Å². The fourth-order valence-electron chi connectivity index (χ4n) is 1.15. The van der Waals surface area contributed by atoms with E-state index < -0.39 is 0 Å². The maximum absolute atomic E-state index is 8.70. The molecule has 2 N–H and O–H groups in total. The predicted octanol–water partition coefficient (Wildman–Crippen LogP) is 2.47. The van der Waals surface area contributed by atoms with Gasteiger partial charge in [-0.25, -0.2) is 9.97 Å². The van der Waals surface area contributed by atoms with Crippen LogP contribution in [-0.2, 0) is 0 Å². The summed E-state index contributed by atoms with van der Waals surface area (Å²) >= 11 is 9.13. The smallest absolute Gasteiger partial charge is 0.148 e. The van der Waals surface area contributed by atoms with Crippen molar-refractivity contribution in [2.45, 2.75) is 25.8 Å². The van der Waals surface area contributed by atoms with Crippen LogP contribution in [-0.4, -0.2) is 27.7 Å². The number of aromatic nitrogens is 2. The van der Waals surface area contributed by atoms with Crippen LogP contribution in [0.1, 0.15) is 19.8 Å². The van der Waals surface area contributed by atoms with Gasteiger partial charge in [0.05, 0.1) is 4.47 Å². The van der Waals surface area contributed by atoms with E-state index in [2.05, 4.69) is 31.2 Å². The third-order valence-electron chi connectivity index (χ3n) is 1.93. The molecule has 0 amide bonds. The van der Waals surface area contributed by atoms with E-state index >= 15 is 0 Å². The van der Waals surface area contributed by atoms with Crippen molar-refractivity contribution in [1.29, 1.82) is 0 Å². The number of nitrogens with zero attached hydrogens (tertiary/aromatic N) is 2. The minimum Gasteiger partial charge on any atom is -0.396 e. The molecule has 0 radical (unpaired) electrons. The molecule has 0 saturated heterocycles. The zero-order chi connectivity index (χ0) is 11.3. The van der Waals surface area contributed by atoms with Gasteiger partial charge in [0, 0.05) is 12.6 Å². The average Bonchev–Trinajstić information content (AvgIpc) is 2.22. The summed E-state index contributed by atoms with van der Waals surface area (Å²) in [6.45, 7) is 2.23. The third-order valence-corrected chi connectivity index (χ3v) is 3.19. The fourth-order valence-corrected chi connectivity index (χ4v) is 1.60. The van der Waals surface area contributed by atoms with Crippen molar-refractivity contribution in [1.82, 2.24) is 9.97 Å². The summed E-state index contributed by atoms with van der Waals surface area (Å²) in [4.78, 5) is 7.91. The molecule has 1 atom stereocenters. The molecule has 0 bridgehead atoms. The second-order valence-electron chi connectivity index (χ2n) is 3.24. The Bertz CT molecular complexity index is 324. The molecule has 1 unspecified atom stereocenters. The van der Waals surface area contributed by atoms with Crippen LogP contribution in [0.5, 0.6) is 0 Å². The monoisotopic (exact) mass is 293 g/mol. The Morgan fingerprint density at radius 3 is 3.00 bits per heavy atom. The molecule has 1 heterocycles. The van der Waals surface area contributed by atoms with Crippen molar-refractivity contribution in [3.63, 3.8) is 0 Å². The highest BCUT2D eigenvalue weighted by Gasteiger charge is 2.09. The zero-order valence-electron chi connectivity index (χ0n) is 8.37. The zero-order valence-corrected chi connectivity index (χ0v) is 10.7. The van der Waals surface area contributed by atoms with Crippen LogP contribution in [0.3, 0.4) is 0 Å². The molecule has 0 spiro atoms. The molecular formula is C9H13BrClN3O. The fraction of sp³-hybridized carbons (Fsp3) is 0.556. The maximum atomic E-state index is 8.70. The van der Waals surface area contributed by atoms with E-state index in [-0.39, 0.29) is 12.6 Å². The number of halogens is 2. The number of nitrogens with one attached hydrogen (secondary N) is 1. The summed E-state index contributed by atoms with van der Waals surface area (Å²) in [6.07, 6.45) is 3.06. The first-order valence-electron chi connectivity index (χ1n) is 4.68. The van der Waals surface area contributed by atoms with Gasteiger partial charge in [0.25, 0.3) is 0 Å². The Hall–Kier alpha value is -0.390. The van der Waals surface area contributed by atoms with Crippen LogP contribution in [0.4, 0.5) is 5.82 Å². The van der Waals surface area contributed by atoms with Gasteiger partial charge in [0.15, 0.2) is 0 Å². The topological polar surface area (TPSA) is 58.0 Å². The van der Waals surface area contributed by atoms with Gasteiger partial charge in [-0.15, -0.1) is 0 Å². The number of rotatable bonds is 5. The summed E-state index contributed by atoms with van der Waals surface area (Å²) in [5, 5.41) is 12.3. The highest BCUT2D eigenvalue weighted by atomic mass is 79.9. The lowest BCUT2D eigenvalue weighted by molar-refractivity contribution is 0.282. The first-order chi connectivity index (χ1) is 7.15. The first-order valence-corrected chi connectivity index (χ1v) is 5.85. The van der Waals surface area contributed by atoms with Gasteiger partial charge in [-0.1, -0.05) is 11.6 Å². The Morgan fingerprint density at radius 2 is 2.33 bits per heavy atom. The van der Waals surface area contributed by atoms with Gasteiger partial charge in [-0.05, 0) is 35.7 Å². The molecule has 0 aromatic carbocycles. The van der Waals surface area contributed by atoms with E-state index in [1.807, 2.05) is 6.92 Å². The molecule has 0 aliphatic heterocycles. The molecule has 0 aliphatic carbocycles. The Morgan fingerprint density at radius 1 is 1.60 bits per heavy atom. The van der Waals surface area contributed by atoms with E-state index in [1.54, 1.807) is 0 Å². The highest BCUT2D eigenvalue weighted by Crippen LogP contribution is 2.26. The maximum Gasteiger partial charge on any atom is 0.148 e. The molecule has 1 aromatic heterocycles. The van der Waals surface area contributed by atoms with E-state index in [9.17, 15) is 0 Å². The molecule has 15 heavy (non-hydrogen) atoms. The first kappa shape index (κ1) is 12.7. The van der Waals surface area contributed by atoms with Crippen LogP contribution in [0, 0.1) is 0 Å². The molecule has 0 aliphatic rings. The Balaban J connectivity index is 2.60. The minimum absolute atomic E-state index is 0.206. The summed E-state index contributed by atoms with van der Waals surface area (Å²) in [6, 6.07) is 0.236. The molecule has 1 aromatic rings. The van der Waals surface area contributed by atoms with Gasteiger partial charge in [-0.2, -0.15) is 0 Å². The van der Waals surface area contributed by atoms with Gasteiger partial charge < -0.3 is 10.4 Å². The SMILES string of the molecule is CC(CCCO)Nc1ncnc(Cl)c1Br. The lowest BCUT2D eigenvalue weighted by Crippen LogP contribution is -2.16. The number of hydrogen-bond acceptors (Lipinski definition) is 4. The van der Waals surface area contributed by atoms with Crippen molar-refractivity contribution >= 4 is 33.3 Å². The second-order valence-corrected chi connectivity index (χ2v) is 4.39. The average molecular weight is 295 g/mol. The van der Waals surface area contributed by atoms with Crippen molar-refractivity contribution in [2.75, 3.05) is 11.9 Å². The lowest BCUT2D eigenvalue weighted by atomic mass is 10.2. The molecule has 1 rings (SSSR count). The molecule has 84 valence electrons. The van der Waals surface area contributed by atoms with E-state index in [0.29, 0.717) is 15.4 Å². The largest absolute Gasteiger partial charge is 0.396 e. The summed E-state index contributed by atoms with van der Waals surface area (Å²) in [7, 11) is 0. The number of hydrogen-bond donors (Lipinski definition) is 2. The van der Waals surface area contributed by atoms with Crippen LogP contribution in [0.25, 0.3) is 0 Å². The molecule has 4 nitrogen and oxygen atoms in total. The van der Waals surface area contributed by atoms with Crippen LogP contribution < -0.4 is 5.32 Å². The quantitative estimate of drug-likeness (QED) is 0.819. The molecule has 0 saturated carbocycles. The van der Waals surface area contributed by atoms with Gasteiger partial charge >= 0.3 is 0 Å². The van der Waals surface area contributed by atoms with Crippen LogP contribution >= 0.6 is 27.5 Å². The summed E-state index contributed by atoms with van der Waals surface area (Å²) in [5.41, 5.74) is 0. The molecular weight excluding hydrogens is 281 g/mol. The van der Waals surface area contributed by atoms with Crippen molar-refractivity contribution in [2.24, 2.45) is 0 Å². The Kier molecular flexibility index (Phi) is 5.28. The minimum atomic E-state index is 0.206. The standard InChI is InChI=1S/C9H13BrClN3O/c1-6(3-2-4-15)14-9-7(10)8(11)12-5-13-9/h5-6,15H,2-4H2,1H3,(H,12,13,14). The van der Waals surface area contributed by atoms with E-state index in [1.165, 1.54) is 6.33 Å². The molecule has 6 heteroatoms. The predicted molar refractivity (Wildman–Crippen MR) is 64.1 cm³/mol. The highest BCUT2D eigenvalue weighted by molar-refractivity contribution is 9.10. The number of aliphatic hydroxyl groups is 1. The molecule has 0 fully saturated rings. The van der Waals surface area contributed by atoms with Gasteiger partial charge in [0.1, 0.15) is 17.3 Å².